The number of aryl methyl sites for hydroxylation is 2. The molecule has 0 aliphatic rings. The van der Waals surface area contributed by atoms with Crippen LogP contribution in [0.3, 0.4) is 0 Å². The zero-order valence-corrected chi connectivity index (χ0v) is 9.06. The van der Waals surface area contributed by atoms with Gasteiger partial charge in [0, 0.05) is 4.90 Å². The Balaban J connectivity index is 2.88. The smallest absolute Gasteiger partial charge is 0.119 e. The maximum atomic E-state index is 9.61. The number of unbranched alkanes of at least 4 members (excludes halogenated alkanes) is 1. The first-order valence-corrected chi connectivity index (χ1v) is 5.11. The summed E-state index contributed by atoms with van der Waals surface area (Å²) in [5, 5.41) is 9.61. The van der Waals surface area contributed by atoms with Crippen LogP contribution in [0.25, 0.3) is 0 Å². The average molecular weight is 196 g/mol. The number of hydrogen-bond donors (Lipinski definition) is 2. The molecule has 2 heteroatoms. The molecule has 72 valence electrons. The van der Waals surface area contributed by atoms with Crippen molar-refractivity contribution in [1.29, 1.82) is 0 Å². The van der Waals surface area contributed by atoms with E-state index in [4.69, 9.17) is 0 Å². The van der Waals surface area contributed by atoms with Gasteiger partial charge in [-0.05, 0) is 43.0 Å². The Kier molecular flexibility index (Phi) is 3.67. The number of aromatic hydroxyl groups is 1. The maximum absolute atomic E-state index is 9.61. The SMILES string of the molecule is CCCCc1cc(S)c(C)cc1O. The van der Waals surface area contributed by atoms with Crippen molar-refractivity contribution in [1.82, 2.24) is 0 Å². The predicted molar refractivity (Wildman–Crippen MR) is 58.7 cm³/mol. The molecule has 1 aromatic rings. The van der Waals surface area contributed by atoms with Crippen molar-refractivity contribution in [2.45, 2.75) is 38.0 Å². The zero-order chi connectivity index (χ0) is 9.84. The second-order valence-electron chi connectivity index (χ2n) is 3.37. The van der Waals surface area contributed by atoms with Crippen LogP contribution >= 0.6 is 12.6 Å². The summed E-state index contributed by atoms with van der Waals surface area (Å²) in [4.78, 5) is 0.962. The molecule has 0 spiro atoms. The summed E-state index contributed by atoms with van der Waals surface area (Å²) in [5.41, 5.74) is 2.04. The van der Waals surface area contributed by atoms with Gasteiger partial charge in [-0.1, -0.05) is 13.3 Å². The first-order valence-electron chi connectivity index (χ1n) is 4.66. The van der Waals surface area contributed by atoms with Crippen molar-refractivity contribution in [3.8, 4) is 5.75 Å². The minimum absolute atomic E-state index is 0.406. The molecule has 0 saturated heterocycles. The van der Waals surface area contributed by atoms with Crippen molar-refractivity contribution in [3.05, 3.63) is 23.3 Å². The van der Waals surface area contributed by atoms with E-state index in [1.165, 1.54) is 0 Å². The van der Waals surface area contributed by atoms with E-state index in [0.29, 0.717) is 5.75 Å². The van der Waals surface area contributed by atoms with E-state index in [-0.39, 0.29) is 0 Å². The number of phenolic OH excluding ortho intramolecular Hbond substituents is 1. The number of benzene rings is 1. The molecule has 0 unspecified atom stereocenters. The molecule has 0 heterocycles. The number of hydrogen-bond acceptors (Lipinski definition) is 2. The first-order chi connectivity index (χ1) is 6.15. The van der Waals surface area contributed by atoms with Gasteiger partial charge in [0.1, 0.15) is 5.75 Å². The van der Waals surface area contributed by atoms with E-state index in [1.807, 2.05) is 13.0 Å². The van der Waals surface area contributed by atoms with Crippen LogP contribution in [-0.2, 0) is 6.42 Å². The highest BCUT2D eigenvalue weighted by molar-refractivity contribution is 7.80. The van der Waals surface area contributed by atoms with Gasteiger partial charge in [0.2, 0.25) is 0 Å². The van der Waals surface area contributed by atoms with E-state index in [0.717, 1.165) is 35.3 Å². The van der Waals surface area contributed by atoms with E-state index in [9.17, 15) is 5.11 Å². The molecule has 1 N–H and O–H groups in total. The Bertz CT molecular complexity index is 294. The standard InChI is InChI=1S/C11H16OS/c1-3-4-5-9-7-11(13)8(2)6-10(9)12/h6-7,12-13H,3-5H2,1-2H3. The minimum Gasteiger partial charge on any atom is -0.508 e. The molecule has 1 aromatic carbocycles. The van der Waals surface area contributed by atoms with Crippen LogP contribution in [0.5, 0.6) is 5.75 Å². The van der Waals surface area contributed by atoms with Gasteiger partial charge in [-0.2, -0.15) is 0 Å². The maximum Gasteiger partial charge on any atom is 0.119 e. The highest BCUT2D eigenvalue weighted by Gasteiger charge is 2.03. The molecule has 0 aromatic heterocycles. The quantitative estimate of drug-likeness (QED) is 0.710. The molecular weight excluding hydrogens is 180 g/mol. The lowest BCUT2D eigenvalue weighted by molar-refractivity contribution is 0.466. The normalized spacial score (nSPS) is 10.4. The highest BCUT2D eigenvalue weighted by Crippen LogP contribution is 2.25. The Morgan fingerprint density at radius 1 is 1.38 bits per heavy atom. The van der Waals surface area contributed by atoms with Crippen LogP contribution in [0.15, 0.2) is 17.0 Å². The second-order valence-corrected chi connectivity index (χ2v) is 3.85. The largest absolute Gasteiger partial charge is 0.508 e. The van der Waals surface area contributed by atoms with Crippen molar-refractivity contribution in [2.24, 2.45) is 0 Å². The van der Waals surface area contributed by atoms with E-state index in [1.54, 1.807) is 6.07 Å². The molecule has 13 heavy (non-hydrogen) atoms. The van der Waals surface area contributed by atoms with Gasteiger partial charge in [-0.3, -0.25) is 0 Å². The Morgan fingerprint density at radius 2 is 2.08 bits per heavy atom. The Hall–Kier alpha value is -0.630. The molecule has 0 saturated carbocycles. The van der Waals surface area contributed by atoms with Gasteiger partial charge in [-0.15, -0.1) is 12.6 Å². The van der Waals surface area contributed by atoms with Gasteiger partial charge in [0.05, 0.1) is 0 Å². The lowest BCUT2D eigenvalue weighted by atomic mass is 10.1. The van der Waals surface area contributed by atoms with Gasteiger partial charge < -0.3 is 5.11 Å². The first kappa shape index (κ1) is 10.5. The number of phenols is 1. The van der Waals surface area contributed by atoms with Gasteiger partial charge in [-0.25, -0.2) is 0 Å². The molecule has 0 amide bonds. The third kappa shape index (κ3) is 2.66. The summed E-state index contributed by atoms with van der Waals surface area (Å²) >= 11 is 4.33. The topological polar surface area (TPSA) is 20.2 Å². The lowest BCUT2D eigenvalue weighted by Crippen LogP contribution is -1.88. The Labute approximate surface area is 85.2 Å². The van der Waals surface area contributed by atoms with Gasteiger partial charge in [0.25, 0.3) is 0 Å². The van der Waals surface area contributed by atoms with Crippen molar-refractivity contribution in [2.75, 3.05) is 0 Å². The molecule has 0 aliphatic heterocycles. The summed E-state index contributed by atoms with van der Waals surface area (Å²) in [5.74, 6) is 0.406. The van der Waals surface area contributed by atoms with Crippen molar-refractivity contribution in [3.63, 3.8) is 0 Å². The molecule has 0 bridgehead atoms. The van der Waals surface area contributed by atoms with Crippen LogP contribution < -0.4 is 0 Å². The predicted octanol–water partition coefficient (Wildman–Crippen LogP) is 3.33. The summed E-state index contributed by atoms with van der Waals surface area (Å²) in [7, 11) is 0. The highest BCUT2D eigenvalue weighted by atomic mass is 32.1. The van der Waals surface area contributed by atoms with Gasteiger partial charge in [0.15, 0.2) is 0 Å². The molecule has 0 aliphatic carbocycles. The fraction of sp³-hybridized carbons (Fsp3) is 0.455. The van der Waals surface area contributed by atoms with E-state index >= 15 is 0 Å². The number of rotatable bonds is 3. The molecule has 0 radical (unpaired) electrons. The lowest BCUT2D eigenvalue weighted by Gasteiger charge is -2.06. The summed E-state index contributed by atoms with van der Waals surface area (Å²) < 4.78 is 0. The zero-order valence-electron chi connectivity index (χ0n) is 8.17. The fourth-order valence-corrected chi connectivity index (χ4v) is 1.51. The monoisotopic (exact) mass is 196 g/mol. The fourth-order valence-electron chi connectivity index (χ4n) is 1.29. The van der Waals surface area contributed by atoms with E-state index in [2.05, 4.69) is 19.6 Å². The van der Waals surface area contributed by atoms with Crippen LogP contribution in [0.4, 0.5) is 0 Å². The number of thiol groups is 1. The molecule has 1 rings (SSSR count). The van der Waals surface area contributed by atoms with Crippen molar-refractivity contribution >= 4 is 12.6 Å². The average Bonchev–Trinajstić information content (AvgIpc) is 2.09. The molecule has 1 nitrogen and oxygen atoms in total. The van der Waals surface area contributed by atoms with Crippen LogP contribution in [0, 0.1) is 6.92 Å². The van der Waals surface area contributed by atoms with E-state index < -0.39 is 0 Å². The van der Waals surface area contributed by atoms with Crippen molar-refractivity contribution < 1.29 is 5.11 Å². The van der Waals surface area contributed by atoms with Crippen LogP contribution in [-0.4, -0.2) is 5.11 Å². The summed E-state index contributed by atoms with van der Waals surface area (Å²) in [6.45, 7) is 4.10. The van der Waals surface area contributed by atoms with Crippen LogP contribution in [0.2, 0.25) is 0 Å². The molecular formula is C11H16OS. The molecule has 0 atom stereocenters. The van der Waals surface area contributed by atoms with Gasteiger partial charge >= 0.3 is 0 Å². The minimum atomic E-state index is 0.406. The summed E-state index contributed by atoms with van der Waals surface area (Å²) in [6.07, 6.45) is 3.20. The third-order valence-electron chi connectivity index (χ3n) is 2.20. The van der Waals surface area contributed by atoms with Crippen LogP contribution in [0.1, 0.15) is 30.9 Å². The second kappa shape index (κ2) is 4.56. The third-order valence-corrected chi connectivity index (χ3v) is 2.68. The molecule has 0 fully saturated rings. The summed E-state index contributed by atoms with van der Waals surface area (Å²) in [6, 6.07) is 3.75. The Morgan fingerprint density at radius 3 is 2.69 bits per heavy atom.